The lowest BCUT2D eigenvalue weighted by molar-refractivity contribution is 0.784. The van der Waals surface area contributed by atoms with Gasteiger partial charge in [0.25, 0.3) is 0 Å². The van der Waals surface area contributed by atoms with Crippen LogP contribution in [0, 0.1) is 6.92 Å². The number of benzene rings is 1. The Hall–Kier alpha value is -1.13. The molecule has 0 unspecified atom stereocenters. The van der Waals surface area contributed by atoms with Gasteiger partial charge in [0, 0.05) is 10.2 Å². The molecule has 0 spiro atoms. The molecule has 4 heteroatoms. The molecule has 0 saturated carbocycles. The van der Waals surface area contributed by atoms with Crippen LogP contribution in [0.2, 0.25) is 0 Å². The topological polar surface area (TPSA) is 29.9 Å². The summed E-state index contributed by atoms with van der Waals surface area (Å²) in [7, 11) is 1.97. The highest BCUT2D eigenvalue weighted by Gasteiger charge is 2.07. The SMILES string of the molecule is CNCCc1cnn(-c2cccc(Br)c2)c1C. The quantitative estimate of drug-likeness (QED) is 0.939. The van der Waals surface area contributed by atoms with Gasteiger partial charge < -0.3 is 5.32 Å². The van der Waals surface area contributed by atoms with E-state index in [1.807, 2.05) is 30.1 Å². The number of hydrogen-bond acceptors (Lipinski definition) is 2. The van der Waals surface area contributed by atoms with Crippen LogP contribution in [0.25, 0.3) is 5.69 Å². The predicted octanol–water partition coefficient (Wildman–Crippen LogP) is 2.71. The fraction of sp³-hybridized carbons (Fsp3) is 0.308. The minimum absolute atomic E-state index is 0.977. The molecule has 1 N–H and O–H groups in total. The summed E-state index contributed by atoms with van der Waals surface area (Å²) in [6.45, 7) is 3.09. The van der Waals surface area contributed by atoms with Gasteiger partial charge >= 0.3 is 0 Å². The van der Waals surface area contributed by atoms with Gasteiger partial charge in [-0.15, -0.1) is 0 Å². The predicted molar refractivity (Wildman–Crippen MR) is 73.6 cm³/mol. The van der Waals surface area contributed by atoms with Crippen LogP contribution >= 0.6 is 15.9 Å². The Bertz CT molecular complexity index is 505. The lowest BCUT2D eigenvalue weighted by atomic mass is 10.2. The molecule has 0 amide bonds. The Morgan fingerprint density at radius 1 is 1.41 bits per heavy atom. The first kappa shape index (κ1) is 12.3. The van der Waals surface area contributed by atoms with E-state index in [9.17, 15) is 0 Å². The smallest absolute Gasteiger partial charge is 0.0660 e. The van der Waals surface area contributed by atoms with Crippen molar-refractivity contribution in [1.82, 2.24) is 15.1 Å². The maximum absolute atomic E-state index is 4.45. The minimum Gasteiger partial charge on any atom is -0.319 e. The summed E-state index contributed by atoms with van der Waals surface area (Å²) < 4.78 is 3.05. The van der Waals surface area contributed by atoms with E-state index in [0.717, 1.165) is 23.1 Å². The van der Waals surface area contributed by atoms with Crippen molar-refractivity contribution in [2.75, 3.05) is 13.6 Å². The van der Waals surface area contributed by atoms with Crippen LogP contribution in [-0.4, -0.2) is 23.4 Å². The van der Waals surface area contributed by atoms with Gasteiger partial charge in [0.2, 0.25) is 0 Å². The van der Waals surface area contributed by atoms with Crippen molar-refractivity contribution in [3.63, 3.8) is 0 Å². The zero-order chi connectivity index (χ0) is 12.3. The Balaban J connectivity index is 2.30. The van der Waals surface area contributed by atoms with Crippen molar-refractivity contribution in [3.8, 4) is 5.69 Å². The van der Waals surface area contributed by atoms with Crippen molar-refractivity contribution in [2.45, 2.75) is 13.3 Å². The summed E-state index contributed by atoms with van der Waals surface area (Å²) in [5, 5.41) is 7.61. The number of hydrogen-bond donors (Lipinski definition) is 1. The van der Waals surface area contributed by atoms with E-state index in [2.05, 4.69) is 45.4 Å². The third kappa shape index (κ3) is 2.76. The summed E-state index contributed by atoms with van der Waals surface area (Å²) in [5.41, 5.74) is 3.59. The van der Waals surface area contributed by atoms with Crippen molar-refractivity contribution >= 4 is 15.9 Å². The summed E-state index contributed by atoms with van der Waals surface area (Å²) in [4.78, 5) is 0. The van der Waals surface area contributed by atoms with Crippen LogP contribution in [-0.2, 0) is 6.42 Å². The van der Waals surface area contributed by atoms with Gasteiger partial charge in [-0.1, -0.05) is 22.0 Å². The summed E-state index contributed by atoms with van der Waals surface area (Å²) in [5.74, 6) is 0. The third-order valence-corrected chi connectivity index (χ3v) is 3.30. The number of aromatic nitrogens is 2. The van der Waals surface area contributed by atoms with Gasteiger partial charge in [-0.25, -0.2) is 4.68 Å². The zero-order valence-corrected chi connectivity index (χ0v) is 11.7. The number of nitrogens with zero attached hydrogens (tertiary/aromatic N) is 2. The first-order valence-electron chi connectivity index (χ1n) is 5.66. The van der Waals surface area contributed by atoms with Gasteiger partial charge in [0.05, 0.1) is 11.9 Å². The maximum atomic E-state index is 4.45. The van der Waals surface area contributed by atoms with Crippen LogP contribution in [0.1, 0.15) is 11.3 Å². The molecule has 0 aliphatic rings. The second-order valence-corrected chi connectivity index (χ2v) is 4.92. The molecule has 90 valence electrons. The Morgan fingerprint density at radius 3 is 2.94 bits per heavy atom. The third-order valence-electron chi connectivity index (χ3n) is 2.81. The molecule has 0 saturated heterocycles. The van der Waals surface area contributed by atoms with Crippen LogP contribution in [0.15, 0.2) is 34.9 Å². The van der Waals surface area contributed by atoms with E-state index in [0.29, 0.717) is 0 Å². The highest BCUT2D eigenvalue weighted by Crippen LogP contribution is 2.18. The van der Waals surface area contributed by atoms with Gasteiger partial charge in [-0.2, -0.15) is 5.10 Å². The molecule has 2 aromatic rings. The van der Waals surface area contributed by atoms with Gasteiger partial charge in [0.1, 0.15) is 0 Å². The standard InChI is InChI=1S/C13H16BrN3/c1-10-11(6-7-15-2)9-16-17(10)13-5-3-4-12(14)8-13/h3-5,8-9,15H,6-7H2,1-2H3. The normalized spacial score (nSPS) is 10.8. The highest BCUT2D eigenvalue weighted by atomic mass is 79.9. The Labute approximate surface area is 110 Å². The Morgan fingerprint density at radius 2 is 2.24 bits per heavy atom. The van der Waals surface area contributed by atoms with Crippen molar-refractivity contribution < 1.29 is 0 Å². The van der Waals surface area contributed by atoms with E-state index in [1.165, 1.54) is 11.3 Å². The molecule has 0 bridgehead atoms. The van der Waals surface area contributed by atoms with Gasteiger partial charge in [-0.3, -0.25) is 0 Å². The minimum atomic E-state index is 0.977. The second-order valence-electron chi connectivity index (χ2n) is 4.00. The second kappa shape index (κ2) is 5.47. The lowest BCUT2D eigenvalue weighted by Gasteiger charge is -2.06. The van der Waals surface area contributed by atoms with E-state index in [-0.39, 0.29) is 0 Å². The zero-order valence-electron chi connectivity index (χ0n) is 10.1. The fourth-order valence-electron chi connectivity index (χ4n) is 1.82. The molecule has 17 heavy (non-hydrogen) atoms. The summed E-state index contributed by atoms with van der Waals surface area (Å²) in [6, 6.07) is 8.17. The first-order valence-corrected chi connectivity index (χ1v) is 6.45. The number of rotatable bonds is 4. The monoisotopic (exact) mass is 293 g/mol. The van der Waals surface area contributed by atoms with E-state index < -0.39 is 0 Å². The fourth-order valence-corrected chi connectivity index (χ4v) is 2.20. The molecule has 3 nitrogen and oxygen atoms in total. The summed E-state index contributed by atoms with van der Waals surface area (Å²) in [6.07, 6.45) is 2.96. The van der Waals surface area contributed by atoms with E-state index in [4.69, 9.17) is 0 Å². The molecule has 2 rings (SSSR count). The summed E-state index contributed by atoms with van der Waals surface area (Å²) >= 11 is 3.48. The molecule has 1 aromatic heterocycles. The average molecular weight is 294 g/mol. The molecule has 1 heterocycles. The molecule has 0 aliphatic heterocycles. The van der Waals surface area contributed by atoms with Gasteiger partial charge in [-0.05, 0) is 50.7 Å². The molecular weight excluding hydrogens is 278 g/mol. The van der Waals surface area contributed by atoms with Crippen LogP contribution < -0.4 is 5.32 Å². The van der Waals surface area contributed by atoms with Crippen molar-refractivity contribution in [1.29, 1.82) is 0 Å². The number of likely N-dealkylation sites (N-methyl/N-ethyl adjacent to an activating group) is 1. The van der Waals surface area contributed by atoms with Crippen LogP contribution in [0.4, 0.5) is 0 Å². The molecule has 1 aromatic carbocycles. The largest absolute Gasteiger partial charge is 0.319 e. The highest BCUT2D eigenvalue weighted by molar-refractivity contribution is 9.10. The van der Waals surface area contributed by atoms with Gasteiger partial charge in [0.15, 0.2) is 0 Å². The molecule has 0 aliphatic carbocycles. The van der Waals surface area contributed by atoms with Crippen molar-refractivity contribution in [3.05, 3.63) is 46.2 Å². The first-order chi connectivity index (χ1) is 8.22. The number of nitrogens with one attached hydrogen (secondary N) is 1. The number of halogens is 1. The maximum Gasteiger partial charge on any atom is 0.0660 e. The molecule has 0 fully saturated rings. The molecule has 0 atom stereocenters. The molecular formula is C13H16BrN3. The Kier molecular flexibility index (Phi) is 3.97. The molecule has 0 radical (unpaired) electrons. The van der Waals surface area contributed by atoms with E-state index in [1.54, 1.807) is 0 Å². The van der Waals surface area contributed by atoms with Crippen LogP contribution in [0.3, 0.4) is 0 Å². The average Bonchev–Trinajstić information content (AvgIpc) is 2.68. The lowest BCUT2D eigenvalue weighted by Crippen LogP contribution is -2.10. The van der Waals surface area contributed by atoms with Crippen LogP contribution in [0.5, 0.6) is 0 Å². The van der Waals surface area contributed by atoms with E-state index >= 15 is 0 Å². The van der Waals surface area contributed by atoms with Crippen molar-refractivity contribution in [2.24, 2.45) is 0 Å².